The van der Waals surface area contributed by atoms with Crippen molar-refractivity contribution in [3.8, 4) is 0 Å². The van der Waals surface area contributed by atoms with E-state index >= 15 is 0 Å². The van der Waals surface area contributed by atoms with Crippen molar-refractivity contribution in [2.45, 2.75) is 60.8 Å². The highest BCUT2D eigenvalue weighted by Gasteiger charge is 2.26. The molecule has 0 N–H and O–H groups in total. The summed E-state index contributed by atoms with van der Waals surface area (Å²) in [5, 5.41) is 0. The van der Waals surface area contributed by atoms with E-state index in [0.717, 1.165) is 5.57 Å². The van der Waals surface area contributed by atoms with Crippen LogP contribution in [0.15, 0.2) is 58.2 Å². The van der Waals surface area contributed by atoms with Crippen molar-refractivity contribution >= 4 is 5.97 Å². The van der Waals surface area contributed by atoms with Crippen molar-refractivity contribution in [3.63, 3.8) is 0 Å². The quantitative estimate of drug-likeness (QED) is 0.347. The van der Waals surface area contributed by atoms with Gasteiger partial charge >= 0.3 is 5.97 Å². The van der Waals surface area contributed by atoms with Gasteiger partial charge in [0.15, 0.2) is 0 Å². The molecule has 0 spiro atoms. The fourth-order valence-electron chi connectivity index (χ4n) is 3.03. The molecule has 1 aliphatic rings. The third-order valence-corrected chi connectivity index (χ3v) is 4.81. The van der Waals surface area contributed by atoms with Crippen LogP contribution in [0.3, 0.4) is 0 Å². The van der Waals surface area contributed by atoms with Gasteiger partial charge in [0.1, 0.15) is 0 Å². The summed E-state index contributed by atoms with van der Waals surface area (Å²) in [4.78, 5) is 11.2. The zero-order valence-corrected chi connectivity index (χ0v) is 16.3. The minimum absolute atomic E-state index is 0.267. The van der Waals surface area contributed by atoms with Crippen LogP contribution >= 0.6 is 0 Å². The summed E-state index contributed by atoms with van der Waals surface area (Å²) in [6, 6.07) is 0. The second-order valence-electron chi connectivity index (χ2n) is 7.38. The highest BCUT2D eigenvalue weighted by atomic mass is 16.5. The Labute approximate surface area is 147 Å². The van der Waals surface area contributed by atoms with Gasteiger partial charge in [-0.1, -0.05) is 43.7 Å². The van der Waals surface area contributed by atoms with E-state index in [1.807, 2.05) is 19.1 Å². The summed E-state index contributed by atoms with van der Waals surface area (Å²) in [5.74, 6) is -0.322. The van der Waals surface area contributed by atoms with Crippen molar-refractivity contribution in [2.75, 3.05) is 7.11 Å². The lowest BCUT2D eigenvalue weighted by Gasteiger charge is -2.33. The first-order valence-electron chi connectivity index (χ1n) is 8.67. The number of rotatable bonds is 5. The number of ether oxygens (including phenoxy) is 1. The van der Waals surface area contributed by atoms with E-state index in [4.69, 9.17) is 0 Å². The number of hydrogen-bond acceptors (Lipinski definition) is 2. The monoisotopic (exact) mass is 328 g/mol. The summed E-state index contributed by atoms with van der Waals surface area (Å²) in [5.41, 5.74) is 6.56. The molecule has 0 heterocycles. The second-order valence-corrected chi connectivity index (χ2v) is 7.38. The molecule has 0 atom stereocenters. The van der Waals surface area contributed by atoms with E-state index < -0.39 is 0 Å². The molecule has 0 unspecified atom stereocenters. The molecule has 2 heteroatoms. The SMILES string of the molecule is COC(=O)/C=C(C)/C=C/C(C)=C(C)\C=C\C1=C(C)CCCC1(C)C. The molecular weight excluding hydrogens is 296 g/mol. The van der Waals surface area contributed by atoms with Gasteiger partial charge in [-0.25, -0.2) is 4.79 Å². The van der Waals surface area contributed by atoms with Crippen LogP contribution in [-0.2, 0) is 9.53 Å². The Morgan fingerprint density at radius 1 is 1.08 bits per heavy atom. The van der Waals surface area contributed by atoms with E-state index in [0.29, 0.717) is 0 Å². The summed E-state index contributed by atoms with van der Waals surface area (Å²) in [7, 11) is 1.39. The Kier molecular flexibility index (Phi) is 7.47. The number of methoxy groups -OCH3 is 1. The van der Waals surface area contributed by atoms with Gasteiger partial charge in [0.2, 0.25) is 0 Å². The maximum Gasteiger partial charge on any atom is 0.330 e. The van der Waals surface area contributed by atoms with E-state index in [-0.39, 0.29) is 11.4 Å². The molecule has 1 rings (SSSR count). The molecule has 1 aliphatic carbocycles. The smallest absolute Gasteiger partial charge is 0.330 e. The van der Waals surface area contributed by atoms with Gasteiger partial charge in [-0.3, -0.25) is 0 Å². The Morgan fingerprint density at radius 3 is 2.29 bits per heavy atom. The van der Waals surface area contributed by atoms with E-state index in [1.165, 1.54) is 54.7 Å². The van der Waals surface area contributed by atoms with Crippen molar-refractivity contribution < 1.29 is 9.53 Å². The van der Waals surface area contributed by atoms with Crippen LogP contribution in [0, 0.1) is 5.41 Å². The first-order chi connectivity index (χ1) is 11.2. The fraction of sp³-hybridized carbons (Fsp3) is 0.500. The van der Waals surface area contributed by atoms with E-state index in [1.54, 1.807) is 0 Å². The number of esters is 1. The zero-order valence-electron chi connectivity index (χ0n) is 16.3. The van der Waals surface area contributed by atoms with Crippen molar-refractivity contribution in [2.24, 2.45) is 5.41 Å². The van der Waals surface area contributed by atoms with E-state index in [2.05, 4.69) is 51.5 Å². The van der Waals surface area contributed by atoms with Crippen molar-refractivity contribution in [1.82, 2.24) is 0 Å². The number of carbonyl (C=O) groups is 1. The van der Waals surface area contributed by atoms with Gasteiger partial charge in [0.05, 0.1) is 7.11 Å². The molecule has 24 heavy (non-hydrogen) atoms. The number of carbonyl (C=O) groups excluding carboxylic acids is 1. The highest BCUT2D eigenvalue weighted by Crippen LogP contribution is 2.40. The Morgan fingerprint density at radius 2 is 1.71 bits per heavy atom. The first kappa shape index (κ1) is 20.2. The summed E-state index contributed by atoms with van der Waals surface area (Å²) in [6.45, 7) is 13.0. The Balaban J connectivity index is 2.92. The minimum atomic E-state index is -0.322. The summed E-state index contributed by atoms with van der Waals surface area (Å²) < 4.78 is 4.63. The molecule has 0 aliphatic heterocycles. The highest BCUT2D eigenvalue weighted by molar-refractivity contribution is 5.83. The van der Waals surface area contributed by atoms with Gasteiger partial charge in [-0.05, 0) is 74.7 Å². The van der Waals surface area contributed by atoms with Crippen LogP contribution in [0.25, 0.3) is 0 Å². The predicted octanol–water partition coefficient (Wildman–Crippen LogP) is 6.08. The average Bonchev–Trinajstić information content (AvgIpc) is 2.51. The van der Waals surface area contributed by atoms with Crippen LogP contribution in [0.2, 0.25) is 0 Å². The van der Waals surface area contributed by atoms with Gasteiger partial charge in [-0.15, -0.1) is 0 Å². The Bertz CT molecular complexity index is 622. The molecular formula is C22H32O2. The largest absolute Gasteiger partial charge is 0.466 e. The maximum atomic E-state index is 11.2. The van der Waals surface area contributed by atoms with Crippen molar-refractivity contribution in [1.29, 1.82) is 0 Å². The molecule has 0 amide bonds. The lowest BCUT2D eigenvalue weighted by atomic mass is 9.72. The molecule has 0 radical (unpaired) electrons. The van der Waals surface area contributed by atoms with Crippen LogP contribution in [0.1, 0.15) is 60.8 Å². The molecule has 0 aromatic heterocycles. The summed E-state index contributed by atoms with van der Waals surface area (Å²) in [6.07, 6.45) is 13.7. The van der Waals surface area contributed by atoms with E-state index in [9.17, 15) is 4.79 Å². The Hall–Kier alpha value is -1.83. The van der Waals surface area contributed by atoms with Gasteiger partial charge in [-0.2, -0.15) is 0 Å². The first-order valence-corrected chi connectivity index (χ1v) is 8.67. The third kappa shape index (κ3) is 5.99. The lowest BCUT2D eigenvalue weighted by molar-refractivity contribution is -0.134. The molecule has 2 nitrogen and oxygen atoms in total. The van der Waals surface area contributed by atoms with Crippen LogP contribution in [-0.4, -0.2) is 13.1 Å². The fourth-order valence-corrected chi connectivity index (χ4v) is 3.03. The minimum Gasteiger partial charge on any atom is -0.466 e. The molecule has 0 aromatic carbocycles. The standard InChI is InChI=1S/C22H32O2/c1-16(15-21(23)24-7)10-11-17(2)18(3)12-13-20-19(4)9-8-14-22(20,5)6/h10-13,15H,8-9,14H2,1-7H3/b11-10+,13-12+,16-15+,18-17-. The van der Waals surface area contributed by atoms with Crippen LogP contribution in [0.5, 0.6) is 0 Å². The normalized spacial score (nSPS) is 19.9. The predicted molar refractivity (Wildman–Crippen MR) is 103 cm³/mol. The lowest BCUT2D eigenvalue weighted by Crippen LogP contribution is -2.19. The zero-order chi connectivity index (χ0) is 18.3. The van der Waals surface area contributed by atoms with Gasteiger partial charge in [0, 0.05) is 6.08 Å². The number of hydrogen-bond donors (Lipinski definition) is 0. The molecule has 132 valence electrons. The molecule has 0 bridgehead atoms. The third-order valence-electron chi connectivity index (χ3n) is 4.81. The molecule has 0 fully saturated rings. The van der Waals surface area contributed by atoms with Crippen LogP contribution in [0.4, 0.5) is 0 Å². The van der Waals surface area contributed by atoms with Crippen molar-refractivity contribution in [3.05, 3.63) is 58.2 Å². The topological polar surface area (TPSA) is 26.3 Å². The van der Waals surface area contributed by atoms with Crippen LogP contribution < -0.4 is 0 Å². The molecule has 0 aromatic rings. The second kappa shape index (κ2) is 8.86. The molecule has 0 saturated heterocycles. The molecule has 0 saturated carbocycles. The maximum absolute atomic E-state index is 11.2. The van der Waals surface area contributed by atoms with Gasteiger partial charge < -0.3 is 4.74 Å². The average molecular weight is 328 g/mol. The number of allylic oxidation sites excluding steroid dienone is 9. The van der Waals surface area contributed by atoms with Gasteiger partial charge in [0.25, 0.3) is 0 Å². The summed E-state index contributed by atoms with van der Waals surface area (Å²) >= 11 is 0.